The quantitative estimate of drug-likeness (QED) is 0.667. The second kappa shape index (κ2) is 2.80. The number of nitriles is 1. The van der Waals surface area contributed by atoms with E-state index in [1.807, 2.05) is 5.38 Å². The minimum Gasteiger partial charge on any atom is -0.389 e. The van der Waals surface area contributed by atoms with Gasteiger partial charge in [-0.3, -0.25) is 0 Å². The summed E-state index contributed by atoms with van der Waals surface area (Å²) in [5, 5.41) is 11.4. The van der Waals surface area contributed by atoms with Gasteiger partial charge in [0.15, 0.2) is 0 Å². The molecule has 12 heavy (non-hydrogen) atoms. The third kappa shape index (κ3) is 1.44. The fourth-order valence-corrected chi connectivity index (χ4v) is 2.03. The van der Waals surface area contributed by atoms with E-state index >= 15 is 0 Å². The monoisotopic (exact) mass is 180 g/mol. The number of nitrogen functional groups attached to an aromatic ring is 1. The minimum atomic E-state index is 0.0131. The molecule has 0 atom stereocenters. The van der Waals surface area contributed by atoms with E-state index in [9.17, 15) is 0 Å². The normalized spacial score (nSPS) is 11.2. The van der Waals surface area contributed by atoms with Crippen molar-refractivity contribution in [1.82, 2.24) is 0 Å². The van der Waals surface area contributed by atoms with Gasteiger partial charge in [-0.15, -0.1) is 11.3 Å². The molecular weight excluding hydrogens is 168 g/mol. The summed E-state index contributed by atoms with van der Waals surface area (Å²) in [6.45, 7) is 6.24. The van der Waals surface area contributed by atoms with Crippen molar-refractivity contribution >= 4 is 16.3 Å². The van der Waals surface area contributed by atoms with Crippen molar-refractivity contribution in [3.63, 3.8) is 0 Å². The fourth-order valence-electron chi connectivity index (χ4n) is 1.04. The molecule has 0 bridgehead atoms. The van der Waals surface area contributed by atoms with E-state index < -0.39 is 0 Å². The molecule has 0 saturated carbocycles. The molecule has 2 N–H and O–H groups in total. The van der Waals surface area contributed by atoms with E-state index in [0.717, 1.165) is 5.56 Å². The van der Waals surface area contributed by atoms with Gasteiger partial charge in [0.25, 0.3) is 0 Å². The molecule has 0 radical (unpaired) electrons. The van der Waals surface area contributed by atoms with E-state index in [2.05, 4.69) is 26.8 Å². The van der Waals surface area contributed by atoms with Gasteiger partial charge >= 0.3 is 0 Å². The van der Waals surface area contributed by atoms with Crippen LogP contribution in [0.2, 0.25) is 0 Å². The first-order valence-electron chi connectivity index (χ1n) is 3.74. The molecule has 0 aliphatic rings. The van der Waals surface area contributed by atoms with Crippen molar-refractivity contribution < 1.29 is 0 Å². The molecule has 1 rings (SSSR count). The molecule has 0 amide bonds. The van der Waals surface area contributed by atoms with Crippen molar-refractivity contribution in [3.8, 4) is 6.07 Å². The molecule has 0 fully saturated rings. The summed E-state index contributed by atoms with van der Waals surface area (Å²) in [6.07, 6.45) is 0. The molecular formula is C9H12N2S. The lowest BCUT2D eigenvalue weighted by molar-refractivity contribution is 0.591. The standard InChI is InChI=1S/C9H12N2S/c1-9(2,3)7-5-12-8(11)6(7)4-10/h5H,11H2,1-3H3. The molecule has 2 nitrogen and oxygen atoms in total. The van der Waals surface area contributed by atoms with Crippen LogP contribution in [0.25, 0.3) is 0 Å². The summed E-state index contributed by atoms with van der Waals surface area (Å²) >= 11 is 1.44. The first-order chi connectivity index (χ1) is 5.46. The molecule has 0 aliphatic carbocycles. The van der Waals surface area contributed by atoms with Crippen molar-refractivity contribution in [2.45, 2.75) is 26.2 Å². The van der Waals surface area contributed by atoms with Crippen molar-refractivity contribution in [2.75, 3.05) is 5.73 Å². The van der Waals surface area contributed by atoms with Crippen LogP contribution in [0, 0.1) is 11.3 Å². The summed E-state index contributed by atoms with van der Waals surface area (Å²) in [5.74, 6) is 0. The van der Waals surface area contributed by atoms with Gasteiger partial charge in [-0.25, -0.2) is 0 Å². The maximum atomic E-state index is 8.83. The number of nitrogens with zero attached hydrogens (tertiary/aromatic N) is 1. The van der Waals surface area contributed by atoms with Gasteiger partial charge in [-0.05, 0) is 16.4 Å². The summed E-state index contributed by atoms with van der Waals surface area (Å²) < 4.78 is 0. The predicted octanol–water partition coefficient (Wildman–Crippen LogP) is 2.50. The maximum absolute atomic E-state index is 8.83. The number of hydrogen-bond donors (Lipinski definition) is 1. The van der Waals surface area contributed by atoms with Crippen LogP contribution in [-0.2, 0) is 5.41 Å². The predicted molar refractivity (Wildman–Crippen MR) is 52.1 cm³/mol. The second-order valence-electron chi connectivity index (χ2n) is 3.75. The molecule has 1 heterocycles. The Morgan fingerprint density at radius 1 is 1.50 bits per heavy atom. The summed E-state index contributed by atoms with van der Waals surface area (Å²) in [7, 11) is 0. The SMILES string of the molecule is CC(C)(C)c1csc(N)c1C#N. The van der Waals surface area contributed by atoms with Crippen LogP contribution in [0.1, 0.15) is 31.9 Å². The molecule has 1 aromatic heterocycles. The lowest BCUT2D eigenvalue weighted by Gasteiger charge is -2.17. The lowest BCUT2D eigenvalue weighted by Crippen LogP contribution is -2.11. The van der Waals surface area contributed by atoms with Crippen LogP contribution in [0.15, 0.2) is 5.38 Å². The Kier molecular flexibility index (Phi) is 2.12. The summed E-state index contributed by atoms with van der Waals surface area (Å²) in [4.78, 5) is 0. The van der Waals surface area contributed by atoms with Crippen molar-refractivity contribution in [2.24, 2.45) is 0 Å². The summed E-state index contributed by atoms with van der Waals surface area (Å²) in [6, 6.07) is 2.14. The zero-order chi connectivity index (χ0) is 9.35. The molecule has 64 valence electrons. The Labute approximate surface area is 76.6 Å². The average molecular weight is 180 g/mol. The topological polar surface area (TPSA) is 49.8 Å². The molecule has 0 aliphatic heterocycles. The largest absolute Gasteiger partial charge is 0.389 e. The first kappa shape index (κ1) is 9.08. The van der Waals surface area contributed by atoms with E-state index in [1.54, 1.807) is 0 Å². The Balaban J connectivity index is 3.28. The fraction of sp³-hybridized carbons (Fsp3) is 0.444. The Morgan fingerprint density at radius 3 is 2.42 bits per heavy atom. The number of hydrogen-bond acceptors (Lipinski definition) is 3. The van der Waals surface area contributed by atoms with E-state index in [4.69, 9.17) is 11.0 Å². The summed E-state index contributed by atoms with van der Waals surface area (Å²) in [5.41, 5.74) is 7.35. The number of thiophene rings is 1. The van der Waals surface area contributed by atoms with Gasteiger partial charge in [0.05, 0.1) is 5.56 Å². The van der Waals surface area contributed by atoms with Crippen molar-refractivity contribution in [3.05, 3.63) is 16.5 Å². The Hall–Kier alpha value is -1.01. The van der Waals surface area contributed by atoms with Crippen LogP contribution >= 0.6 is 11.3 Å². The van der Waals surface area contributed by atoms with Gasteiger partial charge in [-0.1, -0.05) is 20.8 Å². The molecule has 3 heteroatoms. The van der Waals surface area contributed by atoms with Crippen LogP contribution in [0.5, 0.6) is 0 Å². The zero-order valence-corrected chi connectivity index (χ0v) is 8.33. The molecule has 0 aromatic carbocycles. The zero-order valence-electron chi connectivity index (χ0n) is 7.51. The molecule has 0 unspecified atom stereocenters. The molecule has 0 spiro atoms. The van der Waals surface area contributed by atoms with E-state index in [0.29, 0.717) is 10.6 Å². The van der Waals surface area contributed by atoms with Crippen LogP contribution < -0.4 is 5.73 Å². The van der Waals surface area contributed by atoms with Gasteiger partial charge < -0.3 is 5.73 Å². The highest BCUT2D eigenvalue weighted by Gasteiger charge is 2.20. The number of anilines is 1. The third-order valence-electron chi connectivity index (χ3n) is 1.74. The highest BCUT2D eigenvalue weighted by Crippen LogP contribution is 2.33. The highest BCUT2D eigenvalue weighted by molar-refractivity contribution is 7.14. The Morgan fingerprint density at radius 2 is 2.08 bits per heavy atom. The number of nitrogens with two attached hydrogens (primary N) is 1. The molecule has 1 aromatic rings. The average Bonchev–Trinajstić information content (AvgIpc) is 2.29. The lowest BCUT2D eigenvalue weighted by atomic mass is 9.86. The minimum absolute atomic E-state index is 0.0131. The Bertz CT molecular complexity index is 325. The van der Waals surface area contributed by atoms with Crippen LogP contribution in [-0.4, -0.2) is 0 Å². The smallest absolute Gasteiger partial charge is 0.104 e. The van der Waals surface area contributed by atoms with Gasteiger partial charge in [0, 0.05) is 0 Å². The van der Waals surface area contributed by atoms with Gasteiger partial charge in [0.1, 0.15) is 11.1 Å². The van der Waals surface area contributed by atoms with Gasteiger partial charge in [0.2, 0.25) is 0 Å². The van der Waals surface area contributed by atoms with E-state index in [-0.39, 0.29) is 5.41 Å². The second-order valence-corrected chi connectivity index (χ2v) is 4.66. The van der Waals surface area contributed by atoms with E-state index in [1.165, 1.54) is 11.3 Å². The molecule has 0 saturated heterocycles. The van der Waals surface area contributed by atoms with Crippen LogP contribution in [0.3, 0.4) is 0 Å². The van der Waals surface area contributed by atoms with Crippen molar-refractivity contribution in [1.29, 1.82) is 5.26 Å². The highest BCUT2D eigenvalue weighted by atomic mass is 32.1. The number of rotatable bonds is 0. The third-order valence-corrected chi connectivity index (χ3v) is 2.55. The maximum Gasteiger partial charge on any atom is 0.104 e. The first-order valence-corrected chi connectivity index (χ1v) is 4.62. The van der Waals surface area contributed by atoms with Gasteiger partial charge in [-0.2, -0.15) is 5.26 Å². The van der Waals surface area contributed by atoms with Crippen LogP contribution in [0.4, 0.5) is 5.00 Å².